The van der Waals surface area contributed by atoms with E-state index in [-0.39, 0.29) is 0 Å². The van der Waals surface area contributed by atoms with Crippen LogP contribution in [0, 0.1) is 6.92 Å². The zero-order valence-electron chi connectivity index (χ0n) is 10.3. The third-order valence-electron chi connectivity index (χ3n) is 2.98. The van der Waals surface area contributed by atoms with E-state index in [9.17, 15) is 4.21 Å². The number of fused-ring (bicyclic) bond motifs is 1. The molecule has 0 saturated carbocycles. The molecule has 1 heterocycles. The van der Waals surface area contributed by atoms with Crippen LogP contribution in [0.5, 0.6) is 0 Å². The van der Waals surface area contributed by atoms with E-state index in [0.717, 1.165) is 22.4 Å². The molecule has 3 aromatic rings. The molecule has 2 aromatic carbocycles. The lowest BCUT2D eigenvalue weighted by Gasteiger charge is -1.96. The lowest BCUT2D eigenvalue weighted by molar-refractivity contribution is 0.564. The Kier molecular flexibility index (Phi) is 2.93. The SMILES string of the molecule is Cc1ccc(-c2nc3ccc(S(=O)O)cc3[nH]2)cc1. The zero-order valence-corrected chi connectivity index (χ0v) is 11.1. The molecule has 0 radical (unpaired) electrons. The third-order valence-corrected chi connectivity index (χ3v) is 3.64. The lowest BCUT2D eigenvalue weighted by atomic mass is 10.1. The van der Waals surface area contributed by atoms with Crippen LogP contribution in [-0.2, 0) is 11.1 Å². The summed E-state index contributed by atoms with van der Waals surface area (Å²) in [6, 6.07) is 13.0. The first-order valence-electron chi connectivity index (χ1n) is 5.81. The minimum absolute atomic E-state index is 0.367. The van der Waals surface area contributed by atoms with Crippen molar-refractivity contribution in [2.45, 2.75) is 11.8 Å². The van der Waals surface area contributed by atoms with Crippen molar-refractivity contribution in [1.29, 1.82) is 0 Å². The Hall–Kier alpha value is -1.98. The highest BCUT2D eigenvalue weighted by Crippen LogP contribution is 2.22. The Bertz CT molecular complexity index is 763. The van der Waals surface area contributed by atoms with Crippen molar-refractivity contribution in [3.63, 3.8) is 0 Å². The second kappa shape index (κ2) is 4.60. The standard InChI is InChI=1S/C14H12N2O2S/c1-9-2-4-10(5-3-9)14-15-12-7-6-11(19(17)18)8-13(12)16-14/h2-8H,1H3,(H,15,16)(H,17,18). The van der Waals surface area contributed by atoms with Gasteiger partial charge in [0.15, 0.2) is 11.1 Å². The molecule has 2 N–H and O–H groups in total. The molecule has 1 unspecified atom stereocenters. The number of nitrogens with one attached hydrogen (secondary N) is 1. The maximum atomic E-state index is 11.0. The van der Waals surface area contributed by atoms with Gasteiger partial charge in [-0.25, -0.2) is 9.19 Å². The van der Waals surface area contributed by atoms with Crippen molar-refractivity contribution in [2.75, 3.05) is 0 Å². The number of aryl methyl sites for hydroxylation is 1. The van der Waals surface area contributed by atoms with Crippen LogP contribution in [0.3, 0.4) is 0 Å². The van der Waals surface area contributed by atoms with E-state index in [0.29, 0.717) is 4.90 Å². The molecule has 0 aliphatic rings. The van der Waals surface area contributed by atoms with Crippen LogP contribution in [0.4, 0.5) is 0 Å². The van der Waals surface area contributed by atoms with Crippen molar-refractivity contribution in [1.82, 2.24) is 9.97 Å². The van der Waals surface area contributed by atoms with Gasteiger partial charge in [0.25, 0.3) is 0 Å². The average molecular weight is 272 g/mol. The Balaban J connectivity index is 2.11. The molecule has 96 valence electrons. The van der Waals surface area contributed by atoms with Crippen LogP contribution in [0.25, 0.3) is 22.4 Å². The van der Waals surface area contributed by atoms with Gasteiger partial charge in [0, 0.05) is 5.56 Å². The normalized spacial score (nSPS) is 12.7. The second-order valence-corrected chi connectivity index (χ2v) is 5.35. The fraction of sp³-hybridized carbons (Fsp3) is 0.0714. The summed E-state index contributed by atoms with van der Waals surface area (Å²) in [5.41, 5.74) is 3.73. The number of imidazole rings is 1. The van der Waals surface area contributed by atoms with Crippen molar-refractivity contribution >= 4 is 22.1 Å². The first kappa shape index (κ1) is 12.1. The van der Waals surface area contributed by atoms with Gasteiger partial charge in [0.2, 0.25) is 0 Å². The smallest absolute Gasteiger partial charge is 0.186 e. The number of rotatable bonds is 2. The first-order chi connectivity index (χ1) is 9.13. The summed E-state index contributed by atoms with van der Waals surface area (Å²) in [5, 5.41) is 0. The number of hydrogen-bond acceptors (Lipinski definition) is 2. The van der Waals surface area contributed by atoms with Crippen molar-refractivity contribution < 1.29 is 8.76 Å². The number of nitrogens with zero attached hydrogens (tertiary/aromatic N) is 1. The van der Waals surface area contributed by atoms with E-state index in [1.54, 1.807) is 18.2 Å². The molecule has 0 aliphatic carbocycles. The molecule has 1 atom stereocenters. The Morgan fingerprint density at radius 1 is 1.16 bits per heavy atom. The van der Waals surface area contributed by atoms with E-state index in [1.807, 2.05) is 31.2 Å². The van der Waals surface area contributed by atoms with E-state index < -0.39 is 11.1 Å². The molecule has 1 aromatic heterocycles. The zero-order chi connectivity index (χ0) is 13.4. The van der Waals surface area contributed by atoms with E-state index in [2.05, 4.69) is 9.97 Å². The molecule has 0 aliphatic heterocycles. The molecule has 19 heavy (non-hydrogen) atoms. The van der Waals surface area contributed by atoms with Gasteiger partial charge in [0.05, 0.1) is 15.9 Å². The number of benzene rings is 2. The summed E-state index contributed by atoms with van der Waals surface area (Å²) in [5.74, 6) is 0.760. The molecule has 4 nitrogen and oxygen atoms in total. The van der Waals surface area contributed by atoms with Gasteiger partial charge in [-0.2, -0.15) is 0 Å². The van der Waals surface area contributed by atoms with Crippen LogP contribution in [-0.4, -0.2) is 18.7 Å². The van der Waals surface area contributed by atoms with Gasteiger partial charge in [-0.1, -0.05) is 29.8 Å². The number of aromatic amines is 1. The summed E-state index contributed by atoms with van der Waals surface area (Å²) < 4.78 is 20.1. The fourth-order valence-electron chi connectivity index (χ4n) is 1.95. The van der Waals surface area contributed by atoms with Gasteiger partial charge in [0.1, 0.15) is 5.82 Å². The fourth-order valence-corrected chi connectivity index (χ4v) is 2.35. The van der Waals surface area contributed by atoms with Gasteiger partial charge in [-0.15, -0.1) is 0 Å². The molecular formula is C14H12N2O2S. The average Bonchev–Trinajstić information content (AvgIpc) is 2.82. The first-order valence-corrected chi connectivity index (χ1v) is 6.92. The summed E-state index contributed by atoms with van der Waals surface area (Å²) in [7, 11) is 0. The summed E-state index contributed by atoms with van der Waals surface area (Å²) in [6.07, 6.45) is 0. The van der Waals surface area contributed by atoms with E-state index >= 15 is 0 Å². The molecule has 5 heteroatoms. The third kappa shape index (κ3) is 2.30. The van der Waals surface area contributed by atoms with Crippen molar-refractivity contribution in [3.05, 3.63) is 48.0 Å². The topological polar surface area (TPSA) is 66.0 Å². The minimum atomic E-state index is -1.97. The number of aromatic nitrogens is 2. The van der Waals surface area contributed by atoms with Crippen molar-refractivity contribution in [3.8, 4) is 11.4 Å². The van der Waals surface area contributed by atoms with Crippen LogP contribution < -0.4 is 0 Å². The molecule has 3 rings (SSSR count). The summed E-state index contributed by atoms with van der Waals surface area (Å²) in [6.45, 7) is 2.03. The maximum absolute atomic E-state index is 11.0. The highest BCUT2D eigenvalue weighted by molar-refractivity contribution is 7.79. The van der Waals surface area contributed by atoms with Crippen molar-refractivity contribution in [2.24, 2.45) is 0 Å². The van der Waals surface area contributed by atoms with Crippen LogP contribution in [0.1, 0.15) is 5.56 Å². The lowest BCUT2D eigenvalue weighted by Crippen LogP contribution is -1.86. The van der Waals surface area contributed by atoms with Crippen LogP contribution in [0.15, 0.2) is 47.4 Å². The summed E-state index contributed by atoms with van der Waals surface area (Å²) >= 11 is -1.97. The van der Waals surface area contributed by atoms with Gasteiger partial charge < -0.3 is 9.54 Å². The largest absolute Gasteiger partial charge is 0.338 e. The van der Waals surface area contributed by atoms with Gasteiger partial charge in [-0.3, -0.25) is 0 Å². The van der Waals surface area contributed by atoms with Crippen LogP contribution >= 0.6 is 0 Å². The Labute approximate surface area is 112 Å². The predicted octanol–water partition coefficient (Wildman–Crippen LogP) is 3.12. The predicted molar refractivity (Wildman–Crippen MR) is 75.3 cm³/mol. The minimum Gasteiger partial charge on any atom is -0.338 e. The highest BCUT2D eigenvalue weighted by Gasteiger charge is 2.07. The van der Waals surface area contributed by atoms with E-state index in [1.165, 1.54) is 5.56 Å². The van der Waals surface area contributed by atoms with Gasteiger partial charge >= 0.3 is 0 Å². The Morgan fingerprint density at radius 3 is 2.58 bits per heavy atom. The number of hydrogen-bond donors (Lipinski definition) is 2. The van der Waals surface area contributed by atoms with Gasteiger partial charge in [-0.05, 0) is 25.1 Å². The highest BCUT2D eigenvalue weighted by atomic mass is 32.2. The molecular weight excluding hydrogens is 260 g/mol. The molecule has 0 fully saturated rings. The second-order valence-electron chi connectivity index (χ2n) is 4.38. The number of H-pyrrole nitrogens is 1. The van der Waals surface area contributed by atoms with E-state index in [4.69, 9.17) is 4.55 Å². The summed E-state index contributed by atoms with van der Waals surface area (Å²) in [4.78, 5) is 8.01. The monoisotopic (exact) mass is 272 g/mol. The Morgan fingerprint density at radius 2 is 1.89 bits per heavy atom. The van der Waals surface area contributed by atoms with Crippen LogP contribution in [0.2, 0.25) is 0 Å². The maximum Gasteiger partial charge on any atom is 0.186 e. The molecule has 0 bridgehead atoms. The molecule has 0 amide bonds. The molecule has 0 saturated heterocycles. The molecule has 0 spiro atoms. The quantitative estimate of drug-likeness (QED) is 0.704.